The minimum absolute atomic E-state index is 0.152. The molecule has 2 aromatic rings. The van der Waals surface area contributed by atoms with Gasteiger partial charge in [-0.15, -0.1) is 0 Å². The molecule has 3 rings (SSSR count). The fourth-order valence-electron chi connectivity index (χ4n) is 2.42. The molecule has 0 radical (unpaired) electrons. The Labute approximate surface area is 134 Å². The first-order valence-electron chi connectivity index (χ1n) is 7.63. The van der Waals surface area contributed by atoms with Gasteiger partial charge in [0, 0.05) is 12.2 Å². The minimum Gasteiger partial charge on any atom is -0.491 e. The first-order valence-corrected chi connectivity index (χ1v) is 7.63. The highest BCUT2D eigenvalue weighted by molar-refractivity contribution is 6.04. The Morgan fingerprint density at radius 3 is 2.70 bits per heavy atom. The summed E-state index contributed by atoms with van der Waals surface area (Å²) in [7, 11) is 0. The Balaban J connectivity index is 1.57. The van der Waals surface area contributed by atoms with E-state index in [1.54, 1.807) is 36.4 Å². The first-order chi connectivity index (χ1) is 11.2. The van der Waals surface area contributed by atoms with Crippen molar-refractivity contribution < 1.29 is 18.7 Å². The summed E-state index contributed by atoms with van der Waals surface area (Å²) in [5, 5.41) is 2.55. The zero-order valence-electron chi connectivity index (χ0n) is 12.6. The molecule has 1 saturated heterocycles. The molecule has 5 heteroatoms. The molecular weight excluding hydrogens is 297 g/mol. The van der Waals surface area contributed by atoms with Crippen LogP contribution in [-0.4, -0.2) is 25.2 Å². The second kappa shape index (κ2) is 7.24. The molecule has 0 spiro atoms. The van der Waals surface area contributed by atoms with Gasteiger partial charge in [0.05, 0.1) is 11.8 Å². The van der Waals surface area contributed by atoms with Crippen LogP contribution in [0, 0.1) is 5.82 Å². The lowest BCUT2D eigenvalue weighted by Gasteiger charge is -2.12. The summed E-state index contributed by atoms with van der Waals surface area (Å²) in [5.74, 6) is -0.138. The first kappa shape index (κ1) is 15.5. The summed E-state index contributed by atoms with van der Waals surface area (Å²) in [6.07, 6.45) is 2.24. The van der Waals surface area contributed by atoms with Crippen molar-refractivity contribution >= 4 is 11.6 Å². The molecule has 2 aromatic carbocycles. The molecule has 1 amide bonds. The molecular formula is C18H18FNO3. The second-order valence-electron chi connectivity index (χ2n) is 5.40. The molecule has 1 atom stereocenters. The lowest BCUT2D eigenvalue weighted by molar-refractivity contribution is 0.0679. The SMILES string of the molecule is O=C(Nc1ccccc1F)c1ccc(OC[C@@H]2CCCO2)cc1. The third kappa shape index (κ3) is 4.07. The van der Waals surface area contributed by atoms with Gasteiger partial charge in [-0.05, 0) is 49.2 Å². The molecule has 1 N–H and O–H groups in total. The summed E-state index contributed by atoms with van der Waals surface area (Å²) in [5.41, 5.74) is 0.605. The third-order valence-electron chi connectivity index (χ3n) is 3.70. The molecule has 0 bridgehead atoms. The molecule has 4 nitrogen and oxygen atoms in total. The smallest absolute Gasteiger partial charge is 0.255 e. The molecule has 1 aliphatic rings. The van der Waals surface area contributed by atoms with Crippen molar-refractivity contribution in [2.45, 2.75) is 18.9 Å². The number of amides is 1. The van der Waals surface area contributed by atoms with E-state index in [4.69, 9.17) is 9.47 Å². The molecule has 23 heavy (non-hydrogen) atoms. The van der Waals surface area contributed by atoms with E-state index in [1.807, 2.05) is 0 Å². The van der Waals surface area contributed by atoms with Crippen molar-refractivity contribution in [1.82, 2.24) is 0 Å². The van der Waals surface area contributed by atoms with Crippen LogP contribution in [-0.2, 0) is 4.74 Å². The van der Waals surface area contributed by atoms with E-state index in [9.17, 15) is 9.18 Å². The molecule has 120 valence electrons. The number of para-hydroxylation sites is 1. The molecule has 1 fully saturated rings. The van der Waals surface area contributed by atoms with E-state index in [1.165, 1.54) is 12.1 Å². The predicted octanol–water partition coefficient (Wildman–Crippen LogP) is 3.64. The second-order valence-corrected chi connectivity index (χ2v) is 5.40. The van der Waals surface area contributed by atoms with Crippen LogP contribution in [0.5, 0.6) is 5.75 Å². The standard InChI is InChI=1S/C18H18FNO3/c19-16-5-1-2-6-17(16)20-18(21)13-7-9-14(10-8-13)23-12-15-4-3-11-22-15/h1-2,5-10,15H,3-4,11-12H2,(H,20,21)/t15-/m0/s1. The molecule has 1 heterocycles. The summed E-state index contributed by atoms with van der Waals surface area (Å²) in [6, 6.07) is 12.8. The van der Waals surface area contributed by atoms with Gasteiger partial charge in [0.2, 0.25) is 0 Å². The van der Waals surface area contributed by atoms with E-state index >= 15 is 0 Å². The van der Waals surface area contributed by atoms with Gasteiger partial charge in [-0.2, -0.15) is 0 Å². The van der Waals surface area contributed by atoms with Crippen molar-refractivity contribution in [1.29, 1.82) is 0 Å². The molecule has 0 aromatic heterocycles. The van der Waals surface area contributed by atoms with E-state index in [2.05, 4.69) is 5.32 Å². The Kier molecular flexibility index (Phi) is 4.88. The molecule has 0 saturated carbocycles. The molecule has 0 unspecified atom stereocenters. The van der Waals surface area contributed by atoms with Crippen molar-refractivity contribution in [2.24, 2.45) is 0 Å². The normalized spacial score (nSPS) is 17.0. The number of carbonyl (C=O) groups excluding carboxylic acids is 1. The number of nitrogens with one attached hydrogen (secondary N) is 1. The number of halogens is 1. The summed E-state index contributed by atoms with van der Waals surface area (Å²) in [4.78, 5) is 12.1. The number of anilines is 1. The average molecular weight is 315 g/mol. The van der Waals surface area contributed by atoms with Crippen LogP contribution in [0.1, 0.15) is 23.2 Å². The Morgan fingerprint density at radius 1 is 1.22 bits per heavy atom. The Bertz CT molecular complexity index is 666. The fourth-order valence-corrected chi connectivity index (χ4v) is 2.42. The quantitative estimate of drug-likeness (QED) is 0.916. The lowest BCUT2D eigenvalue weighted by atomic mass is 10.2. The van der Waals surface area contributed by atoms with E-state index < -0.39 is 5.82 Å². The van der Waals surface area contributed by atoms with Gasteiger partial charge < -0.3 is 14.8 Å². The highest BCUT2D eigenvalue weighted by Gasteiger charge is 2.16. The maximum atomic E-state index is 13.5. The van der Waals surface area contributed by atoms with Crippen molar-refractivity contribution in [3.05, 3.63) is 59.9 Å². The van der Waals surface area contributed by atoms with E-state index in [-0.39, 0.29) is 17.7 Å². The Morgan fingerprint density at radius 2 is 2.00 bits per heavy atom. The maximum absolute atomic E-state index is 13.5. The van der Waals surface area contributed by atoms with Crippen LogP contribution in [0.2, 0.25) is 0 Å². The maximum Gasteiger partial charge on any atom is 0.255 e. The Hall–Kier alpha value is -2.40. The average Bonchev–Trinajstić information content (AvgIpc) is 3.09. The van der Waals surface area contributed by atoms with Gasteiger partial charge in [0.15, 0.2) is 0 Å². The fraction of sp³-hybridized carbons (Fsp3) is 0.278. The van der Waals surface area contributed by atoms with Crippen molar-refractivity contribution in [2.75, 3.05) is 18.5 Å². The predicted molar refractivity (Wildman–Crippen MR) is 85.3 cm³/mol. The zero-order chi connectivity index (χ0) is 16.1. The number of hydrogen-bond donors (Lipinski definition) is 1. The monoisotopic (exact) mass is 315 g/mol. The number of benzene rings is 2. The topological polar surface area (TPSA) is 47.6 Å². The summed E-state index contributed by atoms with van der Waals surface area (Å²) in [6.45, 7) is 1.31. The van der Waals surface area contributed by atoms with Gasteiger partial charge >= 0.3 is 0 Å². The third-order valence-corrected chi connectivity index (χ3v) is 3.70. The number of carbonyl (C=O) groups is 1. The van der Waals surface area contributed by atoms with Crippen LogP contribution in [0.15, 0.2) is 48.5 Å². The summed E-state index contributed by atoms with van der Waals surface area (Å²) < 4.78 is 24.7. The van der Waals surface area contributed by atoms with Gasteiger partial charge in [0.1, 0.15) is 18.2 Å². The van der Waals surface area contributed by atoms with E-state index in [0.717, 1.165) is 19.4 Å². The van der Waals surface area contributed by atoms with Crippen molar-refractivity contribution in [3.8, 4) is 5.75 Å². The van der Waals surface area contributed by atoms with Crippen molar-refractivity contribution in [3.63, 3.8) is 0 Å². The molecule has 1 aliphatic heterocycles. The minimum atomic E-state index is -0.461. The van der Waals surface area contributed by atoms with Crippen LogP contribution in [0.4, 0.5) is 10.1 Å². The van der Waals surface area contributed by atoms with Crippen LogP contribution >= 0.6 is 0 Å². The lowest BCUT2D eigenvalue weighted by Crippen LogP contribution is -2.16. The highest BCUT2D eigenvalue weighted by Crippen LogP contribution is 2.18. The van der Waals surface area contributed by atoms with Crippen LogP contribution in [0.3, 0.4) is 0 Å². The van der Waals surface area contributed by atoms with Crippen LogP contribution < -0.4 is 10.1 Å². The van der Waals surface area contributed by atoms with Gasteiger partial charge in [-0.3, -0.25) is 4.79 Å². The van der Waals surface area contributed by atoms with E-state index in [0.29, 0.717) is 17.9 Å². The molecule has 0 aliphatic carbocycles. The number of ether oxygens (including phenoxy) is 2. The number of hydrogen-bond acceptors (Lipinski definition) is 3. The zero-order valence-corrected chi connectivity index (χ0v) is 12.6. The number of rotatable bonds is 5. The van der Waals surface area contributed by atoms with Crippen LogP contribution in [0.25, 0.3) is 0 Å². The largest absolute Gasteiger partial charge is 0.491 e. The van der Waals surface area contributed by atoms with Gasteiger partial charge in [-0.25, -0.2) is 4.39 Å². The van der Waals surface area contributed by atoms with Gasteiger partial charge in [-0.1, -0.05) is 12.1 Å². The highest BCUT2D eigenvalue weighted by atomic mass is 19.1. The van der Waals surface area contributed by atoms with Gasteiger partial charge in [0.25, 0.3) is 5.91 Å². The summed E-state index contributed by atoms with van der Waals surface area (Å²) >= 11 is 0.